The van der Waals surface area contributed by atoms with Gasteiger partial charge in [0.1, 0.15) is 0 Å². The molecule has 5 heteroatoms. The normalized spacial score (nSPS) is 15.4. The SMILES string of the molecule is COC(=O)c1ccnc(-c2ccc3c(c2)C(c2ccc(Cl)cc2Cl)CC3)c1. The first kappa shape index (κ1) is 18.0. The van der Waals surface area contributed by atoms with Gasteiger partial charge in [0.15, 0.2) is 0 Å². The van der Waals surface area contributed by atoms with Crippen molar-refractivity contribution in [1.29, 1.82) is 0 Å². The van der Waals surface area contributed by atoms with E-state index in [4.69, 9.17) is 27.9 Å². The fourth-order valence-corrected chi connectivity index (χ4v) is 4.24. The van der Waals surface area contributed by atoms with Gasteiger partial charge in [0.25, 0.3) is 0 Å². The largest absolute Gasteiger partial charge is 0.465 e. The van der Waals surface area contributed by atoms with Crippen LogP contribution in [0.15, 0.2) is 54.7 Å². The molecular weight excluding hydrogens is 381 g/mol. The molecule has 136 valence electrons. The van der Waals surface area contributed by atoms with E-state index in [1.54, 1.807) is 24.4 Å². The lowest BCUT2D eigenvalue weighted by Gasteiger charge is -2.15. The topological polar surface area (TPSA) is 39.2 Å². The zero-order valence-electron chi connectivity index (χ0n) is 14.7. The number of halogens is 2. The van der Waals surface area contributed by atoms with Crippen LogP contribution in [-0.2, 0) is 11.2 Å². The van der Waals surface area contributed by atoms with Crippen LogP contribution in [0.3, 0.4) is 0 Å². The number of carbonyl (C=O) groups is 1. The molecule has 1 aliphatic rings. The second-order valence-corrected chi connectivity index (χ2v) is 7.44. The molecule has 1 unspecified atom stereocenters. The highest BCUT2D eigenvalue weighted by molar-refractivity contribution is 6.35. The third-order valence-electron chi connectivity index (χ3n) is 5.04. The van der Waals surface area contributed by atoms with Gasteiger partial charge in [-0.1, -0.05) is 41.4 Å². The van der Waals surface area contributed by atoms with Crippen LogP contribution in [0, 0.1) is 0 Å². The lowest BCUT2D eigenvalue weighted by molar-refractivity contribution is 0.0600. The number of ether oxygens (including phenoxy) is 1. The van der Waals surface area contributed by atoms with Crippen molar-refractivity contribution in [2.75, 3.05) is 7.11 Å². The maximum atomic E-state index is 11.8. The number of pyridine rings is 1. The molecule has 0 saturated carbocycles. The Hall–Kier alpha value is -2.36. The molecule has 27 heavy (non-hydrogen) atoms. The number of rotatable bonds is 3. The second kappa shape index (κ2) is 7.34. The maximum absolute atomic E-state index is 11.8. The molecule has 2 aromatic carbocycles. The van der Waals surface area contributed by atoms with Gasteiger partial charge in [-0.05, 0) is 59.9 Å². The van der Waals surface area contributed by atoms with E-state index < -0.39 is 0 Å². The Morgan fingerprint density at radius 2 is 1.93 bits per heavy atom. The highest BCUT2D eigenvalue weighted by atomic mass is 35.5. The second-order valence-electron chi connectivity index (χ2n) is 6.59. The maximum Gasteiger partial charge on any atom is 0.337 e. The van der Waals surface area contributed by atoms with E-state index in [2.05, 4.69) is 17.1 Å². The van der Waals surface area contributed by atoms with Crippen LogP contribution in [0.1, 0.15) is 39.4 Å². The first-order chi connectivity index (χ1) is 13.1. The average molecular weight is 398 g/mol. The number of hydrogen-bond acceptors (Lipinski definition) is 3. The van der Waals surface area contributed by atoms with Crippen molar-refractivity contribution in [3.8, 4) is 11.3 Å². The van der Waals surface area contributed by atoms with Crippen LogP contribution in [0.5, 0.6) is 0 Å². The van der Waals surface area contributed by atoms with Crippen molar-refractivity contribution in [3.63, 3.8) is 0 Å². The van der Waals surface area contributed by atoms with Crippen LogP contribution in [0.2, 0.25) is 10.0 Å². The fraction of sp³-hybridized carbons (Fsp3) is 0.182. The Morgan fingerprint density at radius 1 is 1.07 bits per heavy atom. The predicted octanol–water partition coefficient (Wildman–Crippen LogP) is 5.92. The molecule has 0 N–H and O–H groups in total. The fourth-order valence-electron chi connectivity index (χ4n) is 3.70. The average Bonchev–Trinajstić information content (AvgIpc) is 3.10. The van der Waals surface area contributed by atoms with E-state index in [-0.39, 0.29) is 11.9 Å². The van der Waals surface area contributed by atoms with Gasteiger partial charge in [0.2, 0.25) is 0 Å². The van der Waals surface area contributed by atoms with Gasteiger partial charge in [-0.25, -0.2) is 4.79 Å². The summed E-state index contributed by atoms with van der Waals surface area (Å²) in [6.45, 7) is 0. The molecule has 1 aromatic heterocycles. The predicted molar refractivity (Wildman–Crippen MR) is 108 cm³/mol. The van der Waals surface area contributed by atoms with E-state index in [9.17, 15) is 4.79 Å². The highest BCUT2D eigenvalue weighted by Gasteiger charge is 2.26. The van der Waals surface area contributed by atoms with Crippen molar-refractivity contribution in [2.24, 2.45) is 0 Å². The van der Waals surface area contributed by atoms with E-state index in [0.29, 0.717) is 15.6 Å². The van der Waals surface area contributed by atoms with Gasteiger partial charge in [-0.15, -0.1) is 0 Å². The van der Waals surface area contributed by atoms with E-state index in [0.717, 1.165) is 29.7 Å². The van der Waals surface area contributed by atoms with Crippen molar-refractivity contribution in [3.05, 3.63) is 87.0 Å². The van der Waals surface area contributed by atoms with Crippen molar-refractivity contribution >= 4 is 29.2 Å². The summed E-state index contributed by atoms with van der Waals surface area (Å²) in [6.07, 6.45) is 3.65. The minimum absolute atomic E-state index is 0.230. The van der Waals surface area contributed by atoms with Crippen LogP contribution < -0.4 is 0 Å². The summed E-state index contributed by atoms with van der Waals surface area (Å²) in [5.41, 5.74) is 5.86. The summed E-state index contributed by atoms with van der Waals surface area (Å²) in [4.78, 5) is 16.2. The first-order valence-electron chi connectivity index (χ1n) is 8.69. The van der Waals surface area contributed by atoms with Gasteiger partial charge < -0.3 is 4.74 Å². The lowest BCUT2D eigenvalue weighted by atomic mass is 9.91. The lowest BCUT2D eigenvalue weighted by Crippen LogP contribution is -2.02. The molecule has 0 bridgehead atoms. The number of carbonyl (C=O) groups excluding carboxylic acids is 1. The summed E-state index contributed by atoms with van der Waals surface area (Å²) in [7, 11) is 1.37. The molecule has 1 heterocycles. The molecule has 0 amide bonds. The molecule has 0 spiro atoms. The minimum atomic E-state index is -0.370. The first-order valence-corrected chi connectivity index (χ1v) is 9.45. The van der Waals surface area contributed by atoms with Crippen LogP contribution in [0.4, 0.5) is 0 Å². The molecule has 0 radical (unpaired) electrons. The van der Waals surface area contributed by atoms with Gasteiger partial charge in [0.05, 0.1) is 18.4 Å². The quantitative estimate of drug-likeness (QED) is 0.514. The Balaban J connectivity index is 1.75. The van der Waals surface area contributed by atoms with Crippen molar-refractivity contribution < 1.29 is 9.53 Å². The Bertz CT molecular complexity index is 1030. The monoisotopic (exact) mass is 397 g/mol. The van der Waals surface area contributed by atoms with Crippen LogP contribution in [0.25, 0.3) is 11.3 Å². The van der Waals surface area contributed by atoms with Crippen LogP contribution >= 0.6 is 23.2 Å². The summed E-state index contributed by atoms with van der Waals surface area (Å²) in [6, 6.07) is 15.4. The molecule has 0 fully saturated rings. The Kier molecular flexibility index (Phi) is 4.90. The van der Waals surface area contributed by atoms with Crippen molar-refractivity contribution in [1.82, 2.24) is 4.98 Å². The van der Waals surface area contributed by atoms with Gasteiger partial charge >= 0.3 is 5.97 Å². The van der Waals surface area contributed by atoms with Crippen LogP contribution in [-0.4, -0.2) is 18.1 Å². The minimum Gasteiger partial charge on any atom is -0.465 e. The highest BCUT2D eigenvalue weighted by Crippen LogP contribution is 2.42. The number of hydrogen-bond donors (Lipinski definition) is 0. The molecule has 1 atom stereocenters. The number of aromatic nitrogens is 1. The van der Waals surface area contributed by atoms with Gasteiger partial charge in [-0.2, -0.15) is 0 Å². The third kappa shape index (κ3) is 3.45. The number of fused-ring (bicyclic) bond motifs is 1. The van der Waals surface area contributed by atoms with Gasteiger partial charge in [0, 0.05) is 27.7 Å². The molecular formula is C22H17Cl2NO2. The summed E-state index contributed by atoms with van der Waals surface area (Å²) in [5, 5.41) is 1.33. The van der Waals surface area contributed by atoms with Gasteiger partial charge in [-0.3, -0.25) is 4.98 Å². The smallest absolute Gasteiger partial charge is 0.337 e. The molecule has 4 rings (SSSR count). The Labute approximate surface area is 167 Å². The molecule has 3 nitrogen and oxygen atoms in total. The van der Waals surface area contributed by atoms with E-state index in [1.807, 2.05) is 18.2 Å². The number of benzene rings is 2. The number of methoxy groups -OCH3 is 1. The van der Waals surface area contributed by atoms with E-state index in [1.165, 1.54) is 18.2 Å². The summed E-state index contributed by atoms with van der Waals surface area (Å²) >= 11 is 12.5. The molecule has 0 saturated heterocycles. The standard InChI is InChI=1S/C22H17Cl2NO2/c1-27-22(26)15-8-9-25-21(11-15)14-3-2-13-4-6-17(19(13)10-14)18-7-5-16(23)12-20(18)24/h2-3,5,7-12,17H,4,6H2,1H3. The number of aryl methyl sites for hydroxylation is 1. The summed E-state index contributed by atoms with van der Waals surface area (Å²) in [5.74, 6) is -0.140. The molecule has 1 aliphatic carbocycles. The number of nitrogens with zero attached hydrogens (tertiary/aromatic N) is 1. The number of esters is 1. The molecule has 3 aromatic rings. The third-order valence-corrected chi connectivity index (χ3v) is 5.60. The zero-order chi connectivity index (χ0) is 19.0. The Morgan fingerprint density at radius 3 is 2.70 bits per heavy atom. The molecule has 0 aliphatic heterocycles. The summed E-state index contributed by atoms with van der Waals surface area (Å²) < 4.78 is 4.81. The zero-order valence-corrected chi connectivity index (χ0v) is 16.2. The van der Waals surface area contributed by atoms with Crippen molar-refractivity contribution in [2.45, 2.75) is 18.8 Å². The van der Waals surface area contributed by atoms with E-state index >= 15 is 0 Å².